The summed E-state index contributed by atoms with van der Waals surface area (Å²) in [7, 11) is 0. The van der Waals surface area contributed by atoms with Crippen LogP contribution in [-0.2, 0) is 4.79 Å². The minimum atomic E-state index is -0.842. The molecule has 1 N–H and O–H groups in total. The molecule has 0 spiro atoms. The van der Waals surface area contributed by atoms with Crippen molar-refractivity contribution < 1.29 is 19.2 Å². The lowest BCUT2D eigenvalue weighted by atomic mass is 10.1. The SMILES string of the molecule is Cc1cc(NC(=O)C2Oc3ccccc3OC2C)n(-c2ccc([N+](=O)[O-])cc2)n1. The largest absolute Gasteiger partial charge is 0.482 e. The van der Waals surface area contributed by atoms with Crippen molar-refractivity contribution in [3.8, 4) is 17.2 Å². The number of nitrogens with one attached hydrogen (secondary N) is 1. The fraction of sp³-hybridized carbons (Fsp3) is 0.200. The average Bonchev–Trinajstić information content (AvgIpc) is 3.07. The van der Waals surface area contributed by atoms with Gasteiger partial charge in [0, 0.05) is 18.2 Å². The highest BCUT2D eigenvalue weighted by Crippen LogP contribution is 2.33. The van der Waals surface area contributed by atoms with Crippen molar-refractivity contribution in [3.63, 3.8) is 0 Å². The highest BCUT2D eigenvalue weighted by Gasteiger charge is 2.34. The molecule has 3 aromatic rings. The number of aryl methyl sites for hydroxylation is 1. The van der Waals surface area contributed by atoms with Gasteiger partial charge in [0.1, 0.15) is 11.9 Å². The predicted octanol–water partition coefficient (Wildman–Crippen LogP) is 3.26. The van der Waals surface area contributed by atoms with E-state index in [0.29, 0.717) is 28.7 Å². The Bertz CT molecular complexity index is 1080. The van der Waals surface area contributed by atoms with Gasteiger partial charge in [-0.2, -0.15) is 5.10 Å². The molecule has 4 rings (SSSR count). The van der Waals surface area contributed by atoms with Gasteiger partial charge in [0.2, 0.25) is 6.10 Å². The van der Waals surface area contributed by atoms with Crippen molar-refractivity contribution in [2.75, 3.05) is 5.32 Å². The first-order valence-electron chi connectivity index (χ1n) is 8.97. The third-order valence-corrected chi connectivity index (χ3v) is 4.49. The molecule has 29 heavy (non-hydrogen) atoms. The standard InChI is InChI=1S/C20H18N4O5/c1-12-11-18(23(22-12)14-7-9-15(10-8-14)24(26)27)21-20(25)19-13(2)28-16-5-3-4-6-17(16)29-19/h3-11,13,19H,1-2H3,(H,21,25). The number of ether oxygens (including phenoxy) is 2. The van der Waals surface area contributed by atoms with Crippen LogP contribution in [0.25, 0.3) is 5.69 Å². The van der Waals surface area contributed by atoms with Crippen molar-refractivity contribution in [2.45, 2.75) is 26.1 Å². The molecule has 0 bridgehead atoms. The molecule has 9 nitrogen and oxygen atoms in total. The van der Waals surface area contributed by atoms with Crippen molar-refractivity contribution in [2.24, 2.45) is 0 Å². The number of fused-ring (bicyclic) bond motifs is 1. The molecule has 0 saturated heterocycles. The highest BCUT2D eigenvalue weighted by atomic mass is 16.6. The van der Waals surface area contributed by atoms with E-state index in [-0.39, 0.29) is 11.6 Å². The van der Waals surface area contributed by atoms with E-state index >= 15 is 0 Å². The maximum atomic E-state index is 12.9. The van der Waals surface area contributed by atoms with Crippen LogP contribution in [0.15, 0.2) is 54.6 Å². The molecule has 1 aromatic heterocycles. The molecule has 1 aliphatic rings. The van der Waals surface area contributed by atoms with Gasteiger partial charge in [0.05, 0.1) is 16.3 Å². The topological polar surface area (TPSA) is 109 Å². The Hall–Kier alpha value is -3.88. The number of hydrogen-bond donors (Lipinski definition) is 1. The number of nitro benzene ring substituents is 1. The van der Waals surface area contributed by atoms with Crippen molar-refractivity contribution in [3.05, 3.63) is 70.4 Å². The first-order valence-corrected chi connectivity index (χ1v) is 8.97. The zero-order chi connectivity index (χ0) is 20.5. The Morgan fingerprint density at radius 3 is 2.45 bits per heavy atom. The fourth-order valence-electron chi connectivity index (χ4n) is 3.10. The van der Waals surface area contributed by atoms with Crippen molar-refractivity contribution in [1.82, 2.24) is 9.78 Å². The zero-order valence-corrected chi connectivity index (χ0v) is 15.7. The molecule has 0 saturated carbocycles. The van der Waals surface area contributed by atoms with E-state index in [1.165, 1.54) is 16.8 Å². The van der Waals surface area contributed by atoms with Crippen LogP contribution in [0, 0.1) is 17.0 Å². The number of nitrogens with zero attached hydrogens (tertiary/aromatic N) is 3. The van der Waals surface area contributed by atoms with Gasteiger partial charge in [-0.05, 0) is 38.1 Å². The third kappa shape index (κ3) is 3.62. The lowest BCUT2D eigenvalue weighted by Crippen LogP contribution is -2.46. The van der Waals surface area contributed by atoms with Gasteiger partial charge in [-0.1, -0.05) is 12.1 Å². The number of carbonyl (C=O) groups excluding carboxylic acids is 1. The normalized spacial score (nSPS) is 17.6. The molecule has 2 heterocycles. The molecule has 1 aliphatic heterocycles. The summed E-state index contributed by atoms with van der Waals surface area (Å²) in [5, 5.41) is 18.0. The van der Waals surface area contributed by atoms with Crippen molar-refractivity contribution in [1.29, 1.82) is 0 Å². The van der Waals surface area contributed by atoms with E-state index in [1.807, 2.05) is 6.07 Å². The Morgan fingerprint density at radius 1 is 1.14 bits per heavy atom. The maximum Gasteiger partial charge on any atom is 0.270 e. The maximum absolute atomic E-state index is 12.9. The molecule has 0 aliphatic carbocycles. The van der Waals surface area contributed by atoms with Crippen molar-refractivity contribution >= 4 is 17.4 Å². The van der Waals surface area contributed by atoms with Gasteiger partial charge in [-0.3, -0.25) is 14.9 Å². The van der Waals surface area contributed by atoms with Gasteiger partial charge in [0.25, 0.3) is 11.6 Å². The Labute approximate surface area is 166 Å². The summed E-state index contributed by atoms with van der Waals surface area (Å²) in [5.41, 5.74) is 1.24. The number of nitro groups is 1. The molecule has 2 atom stereocenters. The summed E-state index contributed by atoms with van der Waals surface area (Å²) in [6.45, 7) is 3.55. The Balaban J connectivity index is 1.57. The first kappa shape index (κ1) is 18.5. The number of rotatable bonds is 4. The average molecular weight is 394 g/mol. The summed E-state index contributed by atoms with van der Waals surface area (Å²) in [4.78, 5) is 23.3. The summed E-state index contributed by atoms with van der Waals surface area (Å²) >= 11 is 0. The predicted molar refractivity (Wildman–Crippen MR) is 105 cm³/mol. The molecule has 1 amide bonds. The molecule has 0 fully saturated rings. The van der Waals surface area contributed by atoms with Crippen LogP contribution in [0.2, 0.25) is 0 Å². The van der Waals surface area contributed by atoms with Crippen LogP contribution >= 0.6 is 0 Å². The van der Waals surface area contributed by atoms with Gasteiger partial charge < -0.3 is 14.8 Å². The zero-order valence-electron chi connectivity index (χ0n) is 15.7. The number of anilines is 1. The number of non-ortho nitro benzene ring substituents is 1. The summed E-state index contributed by atoms with van der Waals surface area (Å²) in [6.07, 6.45) is -1.33. The quantitative estimate of drug-likeness (QED) is 0.537. The summed E-state index contributed by atoms with van der Waals surface area (Å²) in [6, 6.07) is 14.8. The lowest BCUT2D eigenvalue weighted by Gasteiger charge is -2.31. The van der Waals surface area contributed by atoms with Crippen LogP contribution in [0.5, 0.6) is 11.5 Å². The molecule has 0 radical (unpaired) electrons. The Morgan fingerprint density at radius 2 is 1.79 bits per heavy atom. The van der Waals surface area contributed by atoms with Crippen LogP contribution < -0.4 is 14.8 Å². The van der Waals surface area contributed by atoms with Gasteiger partial charge in [0.15, 0.2) is 11.5 Å². The van der Waals surface area contributed by atoms with E-state index in [9.17, 15) is 14.9 Å². The Kier molecular flexibility index (Phi) is 4.63. The van der Waals surface area contributed by atoms with Crippen LogP contribution in [0.4, 0.5) is 11.5 Å². The van der Waals surface area contributed by atoms with Crippen LogP contribution in [0.1, 0.15) is 12.6 Å². The molecule has 2 unspecified atom stereocenters. The lowest BCUT2D eigenvalue weighted by molar-refractivity contribution is -0.384. The third-order valence-electron chi connectivity index (χ3n) is 4.49. The van der Waals surface area contributed by atoms with E-state index in [2.05, 4.69) is 10.4 Å². The summed E-state index contributed by atoms with van der Waals surface area (Å²) in [5.74, 6) is 1.15. The number of carbonyl (C=O) groups is 1. The summed E-state index contributed by atoms with van der Waals surface area (Å²) < 4.78 is 13.1. The molecule has 9 heteroatoms. The first-order chi connectivity index (χ1) is 13.9. The number of para-hydroxylation sites is 2. The minimum Gasteiger partial charge on any atom is -0.482 e. The smallest absolute Gasteiger partial charge is 0.270 e. The van der Waals surface area contributed by atoms with Crippen LogP contribution in [-0.4, -0.2) is 32.8 Å². The van der Waals surface area contributed by atoms with E-state index in [0.717, 1.165) is 0 Å². The van der Waals surface area contributed by atoms with E-state index in [1.54, 1.807) is 50.2 Å². The molecular weight excluding hydrogens is 376 g/mol. The molecule has 148 valence electrons. The van der Waals surface area contributed by atoms with Gasteiger partial charge in [-0.15, -0.1) is 0 Å². The second-order valence-corrected chi connectivity index (χ2v) is 6.65. The number of aromatic nitrogens is 2. The van der Waals surface area contributed by atoms with Crippen LogP contribution in [0.3, 0.4) is 0 Å². The number of amides is 1. The minimum absolute atomic E-state index is 0.0246. The van der Waals surface area contributed by atoms with Gasteiger partial charge in [-0.25, -0.2) is 4.68 Å². The number of hydrogen-bond acceptors (Lipinski definition) is 6. The highest BCUT2D eigenvalue weighted by molar-refractivity contribution is 5.94. The van der Waals surface area contributed by atoms with E-state index in [4.69, 9.17) is 9.47 Å². The van der Waals surface area contributed by atoms with Gasteiger partial charge >= 0.3 is 0 Å². The number of benzene rings is 2. The monoisotopic (exact) mass is 394 g/mol. The second-order valence-electron chi connectivity index (χ2n) is 6.65. The van der Waals surface area contributed by atoms with E-state index < -0.39 is 17.1 Å². The molecule has 2 aromatic carbocycles. The fourth-order valence-corrected chi connectivity index (χ4v) is 3.10. The molecular formula is C20H18N4O5. The second kappa shape index (κ2) is 7.27.